The van der Waals surface area contributed by atoms with Crippen molar-refractivity contribution in [2.75, 3.05) is 13.7 Å². The Morgan fingerprint density at radius 3 is 2.62 bits per heavy atom. The highest BCUT2D eigenvalue weighted by atomic mass is 19.1. The van der Waals surface area contributed by atoms with Crippen LogP contribution < -0.4 is 5.32 Å². The third kappa shape index (κ3) is 3.91. The van der Waals surface area contributed by atoms with E-state index in [0.717, 1.165) is 5.56 Å². The molecular formula is C13H20FNO. The molecule has 0 saturated carbocycles. The normalized spacial score (nSPS) is 11.8. The van der Waals surface area contributed by atoms with E-state index in [0.29, 0.717) is 18.7 Å². The maximum atomic E-state index is 13.3. The molecule has 0 fully saturated rings. The van der Waals surface area contributed by atoms with E-state index in [2.05, 4.69) is 19.2 Å². The van der Waals surface area contributed by atoms with Crippen molar-refractivity contribution in [3.63, 3.8) is 0 Å². The number of hydrogen-bond donors (Lipinski definition) is 1. The van der Waals surface area contributed by atoms with Crippen molar-refractivity contribution in [3.8, 4) is 0 Å². The van der Waals surface area contributed by atoms with Gasteiger partial charge in [-0.2, -0.15) is 0 Å². The summed E-state index contributed by atoms with van der Waals surface area (Å²) in [5.74, 6) is -0.149. The topological polar surface area (TPSA) is 21.3 Å². The van der Waals surface area contributed by atoms with E-state index in [1.54, 1.807) is 26.2 Å². The zero-order chi connectivity index (χ0) is 12.2. The van der Waals surface area contributed by atoms with Crippen LogP contribution in [0, 0.1) is 12.7 Å². The highest BCUT2D eigenvalue weighted by Gasteiger charge is 2.16. The lowest BCUT2D eigenvalue weighted by atomic mass is 10.1. The molecule has 0 aromatic heterocycles. The van der Waals surface area contributed by atoms with Gasteiger partial charge in [0.15, 0.2) is 0 Å². The second-order valence-electron chi connectivity index (χ2n) is 4.75. The smallest absolute Gasteiger partial charge is 0.126 e. The number of rotatable bonds is 5. The minimum absolute atomic E-state index is 0.101. The maximum Gasteiger partial charge on any atom is 0.126 e. The van der Waals surface area contributed by atoms with Gasteiger partial charge in [0.2, 0.25) is 0 Å². The van der Waals surface area contributed by atoms with Gasteiger partial charge in [0.1, 0.15) is 5.82 Å². The first-order chi connectivity index (χ1) is 7.44. The Morgan fingerprint density at radius 1 is 1.38 bits per heavy atom. The molecule has 2 nitrogen and oxygen atoms in total. The Morgan fingerprint density at radius 2 is 2.06 bits per heavy atom. The fourth-order valence-corrected chi connectivity index (χ4v) is 1.50. The molecular weight excluding hydrogens is 205 g/mol. The first-order valence-corrected chi connectivity index (χ1v) is 5.43. The average Bonchev–Trinajstić information content (AvgIpc) is 2.20. The fraction of sp³-hybridized carbons (Fsp3) is 0.538. The summed E-state index contributed by atoms with van der Waals surface area (Å²) in [6, 6.07) is 5.31. The molecule has 0 bridgehead atoms. The molecule has 0 unspecified atom stereocenters. The molecule has 0 saturated heterocycles. The van der Waals surface area contributed by atoms with Crippen LogP contribution >= 0.6 is 0 Å². The van der Waals surface area contributed by atoms with E-state index in [9.17, 15) is 4.39 Å². The molecule has 0 heterocycles. The van der Waals surface area contributed by atoms with E-state index in [1.165, 1.54) is 0 Å². The molecule has 1 aromatic carbocycles. The van der Waals surface area contributed by atoms with Crippen LogP contribution in [0.5, 0.6) is 0 Å². The monoisotopic (exact) mass is 225 g/mol. The average molecular weight is 225 g/mol. The molecule has 0 aliphatic rings. The Balaban J connectivity index is 2.57. The summed E-state index contributed by atoms with van der Waals surface area (Å²) in [6.07, 6.45) is 0. The summed E-state index contributed by atoms with van der Waals surface area (Å²) in [4.78, 5) is 0. The van der Waals surface area contributed by atoms with E-state index >= 15 is 0 Å². The van der Waals surface area contributed by atoms with E-state index in [4.69, 9.17) is 4.74 Å². The molecule has 0 aliphatic carbocycles. The van der Waals surface area contributed by atoms with Crippen LogP contribution in [0.2, 0.25) is 0 Å². The largest absolute Gasteiger partial charge is 0.383 e. The van der Waals surface area contributed by atoms with Crippen molar-refractivity contribution in [3.05, 3.63) is 35.1 Å². The second kappa shape index (κ2) is 5.41. The van der Waals surface area contributed by atoms with Crippen LogP contribution in [-0.4, -0.2) is 19.3 Å². The summed E-state index contributed by atoms with van der Waals surface area (Å²) < 4.78 is 18.4. The summed E-state index contributed by atoms with van der Waals surface area (Å²) in [7, 11) is 1.68. The number of hydrogen-bond acceptors (Lipinski definition) is 2. The molecule has 0 amide bonds. The number of aryl methyl sites for hydroxylation is 1. The van der Waals surface area contributed by atoms with E-state index in [1.807, 2.05) is 6.07 Å². The fourth-order valence-electron chi connectivity index (χ4n) is 1.50. The van der Waals surface area contributed by atoms with Crippen LogP contribution in [0.15, 0.2) is 18.2 Å². The van der Waals surface area contributed by atoms with E-state index < -0.39 is 0 Å². The maximum absolute atomic E-state index is 13.3. The first kappa shape index (κ1) is 13.1. The van der Waals surface area contributed by atoms with Gasteiger partial charge < -0.3 is 10.1 Å². The number of nitrogens with one attached hydrogen (secondary N) is 1. The lowest BCUT2D eigenvalue weighted by Gasteiger charge is -2.25. The molecule has 0 atom stereocenters. The second-order valence-corrected chi connectivity index (χ2v) is 4.75. The van der Waals surface area contributed by atoms with Crippen LogP contribution in [0.3, 0.4) is 0 Å². The molecule has 3 heteroatoms. The van der Waals surface area contributed by atoms with Crippen molar-refractivity contribution in [2.24, 2.45) is 0 Å². The summed E-state index contributed by atoms with van der Waals surface area (Å²) in [6.45, 7) is 7.15. The van der Waals surface area contributed by atoms with Gasteiger partial charge in [-0.05, 0) is 38.0 Å². The molecule has 0 aliphatic heterocycles. The zero-order valence-corrected chi connectivity index (χ0v) is 10.4. The number of halogens is 1. The molecule has 16 heavy (non-hydrogen) atoms. The number of benzene rings is 1. The Bertz CT molecular complexity index is 350. The highest BCUT2D eigenvalue weighted by Crippen LogP contribution is 2.10. The van der Waals surface area contributed by atoms with Gasteiger partial charge in [-0.3, -0.25) is 0 Å². The summed E-state index contributed by atoms with van der Waals surface area (Å²) >= 11 is 0. The van der Waals surface area contributed by atoms with Gasteiger partial charge >= 0.3 is 0 Å². The molecule has 0 spiro atoms. The van der Waals surface area contributed by atoms with Gasteiger partial charge in [0.05, 0.1) is 6.61 Å². The van der Waals surface area contributed by atoms with Crippen molar-refractivity contribution < 1.29 is 9.13 Å². The quantitative estimate of drug-likeness (QED) is 0.831. The van der Waals surface area contributed by atoms with Crippen molar-refractivity contribution >= 4 is 0 Å². The Labute approximate surface area is 96.8 Å². The van der Waals surface area contributed by atoms with Gasteiger partial charge in [-0.25, -0.2) is 4.39 Å². The van der Waals surface area contributed by atoms with E-state index in [-0.39, 0.29) is 11.4 Å². The van der Waals surface area contributed by atoms with Gasteiger partial charge in [-0.15, -0.1) is 0 Å². The third-order valence-electron chi connectivity index (χ3n) is 2.51. The number of ether oxygens (including phenoxy) is 1. The highest BCUT2D eigenvalue weighted by molar-refractivity contribution is 5.23. The van der Waals surface area contributed by atoms with Crippen molar-refractivity contribution in [1.29, 1.82) is 0 Å². The standard InChI is InChI=1S/C13H20FNO/c1-10-5-6-11(7-12(10)14)8-15-13(2,3)9-16-4/h5-7,15H,8-9H2,1-4H3. The molecule has 90 valence electrons. The van der Waals surface area contributed by atoms with Crippen molar-refractivity contribution in [1.82, 2.24) is 5.32 Å². The van der Waals surface area contributed by atoms with Crippen LogP contribution in [0.25, 0.3) is 0 Å². The molecule has 1 aromatic rings. The van der Waals surface area contributed by atoms with Crippen LogP contribution in [0.1, 0.15) is 25.0 Å². The minimum atomic E-state index is -0.149. The van der Waals surface area contributed by atoms with Crippen LogP contribution in [0.4, 0.5) is 4.39 Å². The summed E-state index contributed by atoms with van der Waals surface area (Å²) in [5, 5.41) is 3.33. The minimum Gasteiger partial charge on any atom is -0.383 e. The SMILES string of the molecule is COCC(C)(C)NCc1ccc(C)c(F)c1. The Hall–Kier alpha value is -0.930. The predicted molar refractivity (Wildman–Crippen MR) is 63.9 cm³/mol. The lowest BCUT2D eigenvalue weighted by Crippen LogP contribution is -2.42. The van der Waals surface area contributed by atoms with Gasteiger partial charge in [0.25, 0.3) is 0 Å². The van der Waals surface area contributed by atoms with Crippen molar-refractivity contribution in [2.45, 2.75) is 32.9 Å². The van der Waals surface area contributed by atoms with Gasteiger partial charge in [-0.1, -0.05) is 12.1 Å². The molecule has 1 rings (SSSR count). The first-order valence-electron chi connectivity index (χ1n) is 5.43. The molecule has 0 radical (unpaired) electrons. The molecule has 1 N–H and O–H groups in total. The van der Waals surface area contributed by atoms with Gasteiger partial charge in [0, 0.05) is 19.2 Å². The summed E-state index contributed by atoms with van der Waals surface area (Å²) in [5.41, 5.74) is 1.53. The predicted octanol–water partition coefficient (Wildman–Crippen LogP) is 2.65. The van der Waals surface area contributed by atoms with Crippen LogP contribution in [-0.2, 0) is 11.3 Å². The Kier molecular flexibility index (Phi) is 4.44. The number of methoxy groups -OCH3 is 1. The lowest BCUT2D eigenvalue weighted by molar-refractivity contribution is 0.127. The third-order valence-corrected chi connectivity index (χ3v) is 2.51. The zero-order valence-electron chi connectivity index (χ0n) is 10.4.